The molecule has 4 aromatic rings. The molecule has 0 aliphatic heterocycles. The topological polar surface area (TPSA) is 61.2 Å². The van der Waals surface area contributed by atoms with Crippen LogP contribution in [0.2, 0.25) is 0 Å². The summed E-state index contributed by atoms with van der Waals surface area (Å²) in [5, 5.41) is 7.07. The molecule has 0 saturated carbocycles. The van der Waals surface area contributed by atoms with Crippen LogP contribution in [0.1, 0.15) is 25.0 Å². The summed E-state index contributed by atoms with van der Waals surface area (Å²) in [4.78, 5) is 26.0. The monoisotopic (exact) mass is 400 g/mol. The van der Waals surface area contributed by atoms with Crippen LogP contribution in [0.5, 0.6) is 0 Å². The Labute approximate surface area is 161 Å². The number of carbonyl (C=O) groups excluding carboxylic acids is 2. The molecule has 0 N–H and O–H groups in total. The Kier molecular flexibility index (Phi) is 4.59. The minimum Gasteiger partial charge on any atom is -0.453 e. The van der Waals surface area contributed by atoms with Gasteiger partial charge in [0.25, 0.3) is 0 Å². The van der Waals surface area contributed by atoms with Gasteiger partial charge in [-0.15, -0.1) is 22.7 Å². The summed E-state index contributed by atoms with van der Waals surface area (Å²) in [6, 6.07) is 11.1. The van der Waals surface area contributed by atoms with Crippen molar-refractivity contribution in [2.24, 2.45) is 0 Å². The van der Waals surface area contributed by atoms with Crippen molar-refractivity contribution in [2.45, 2.75) is 6.92 Å². The molecule has 136 valence electrons. The standard InChI is InChI=1S/C19H13FN2O3S2/c1-11-14-9-17(19(24)25-10-15(23)16-3-2-8-26-16)27-18(14)22(21-11)13-6-4-12(20)5-7-13/h2-9H,10H2,1H3. The molecule has 0 bridgehead atoms. The van der Waals surface area contributed by atoms with Crippen LogP contribution in [-0.2, 0) is 4.74 Å². The molecule has 8 heteroatoms. The third kappa shape index (κ3) is 3.41. The fourth-order valence-corrected chi connectivity index (χ4v) is 4.34. The Balaban J connectivity index is 1.58. The Morgan fingerprint density at radius 3 is 2.67 bits per heavy atom. The van der Waals surface area contributed by atoms with Crippen LogP contribution in [0.15, 0.2) is 47.8 Å². The minimum atomic E-state index is -0.550. The molecule has 0 fully saturated rings. The number of aryl methyl sites for hydroxylation is 1. The van der Waals surface area contributed by atoms with Gasteiger partial charge in [0.05, 0.1) is 16.3 Å². The molecule has 3 aromatic heterocycles. The normalized spacial score (nSPS) is 11.0. The van der Waals surface area contributed by atoms with Crippen LogP contribution in [-0.4, -0.2) is 28.1 Å². The Morgan fingerprint density at radius 2 is 1.96 bits per heavy atom. The van der Waals surface area contributed by atoms with Gasteiger partial charge < -0.3 is 4.74 Å². The first-order valence-electron chi connectivity index (χ1n) is 8.02. The summed E-state index contributed by atoms with van der Waals surface area (Å²) >= 11 is 2.53. The van der Waals surface area contributed by atoms with Gasteiger partial charge in [-0.2, -0.15) is 5.10 Å². The van der Waals surface area contributed by atoms with Crippen molar-refractivity contribution in [3.63, 3.8) is 0 Å². The average molecular weight is 400 g/mol. The van der Waals surface area contributed by atoms with Crippen LogP contribution in [0.3, 0.4) is 0 Å². The Bertz CT molecular complexity index is 1130. The fraction of sp³-hybridized carbons (Fsp3) is 0.105. The highest BCUT2D eigenvalue weighted by atomic mass is 32.1. The second kappa shape index (κ2) is 7.05. The number of thiophene rings is 2. The van der Waals surface area contributed by atoms with E-state index in [0.29, 0.717) is 15.4 Å². The van der Waals surface area contributed by atoms with Crippen molar-refractivity contribution in [1.82, 2.24) is 9.78 Å². The number of rotatable bonds is 5. The van der Waals surface area contributed by atoms with E-state index in [1.807, 2.05) is 6.92 Å². The zero-order chi connectivity index (χ0) is 19.0. The lowest BCUT2D eigenvalue weighted by molar-refractivity contribution is 0.0481. The van der Waals surface area contributed by atoms with Crippen molar-refractivity contribution >= 4 is 44.6 Å². The van der Waals surface area contributed by atoms with Crippen LogP contribution >= 0.6 is 22.7 Å². The molecular formula is C19H13FN2O3S2. The first kappa shape index (κ1) is 17.6. The van der Waals surface area contributed by atoms with Gasteiger partial charge in [0.15, 0.2) is 6.61 Å². The van der Waals surface area contributed by atoms with Gasteiger partial charge in [-0.05, 0) is 48.7 Å². The number of fused-ring (bicyclic) bond motifs is 1. The molecule has 0 aliphatic carbocycles. The summed E-state index contributed by atoms with van der Waals surface area (Å²) in [7, 11) is 0. The molecule has 1 aromatic carbocycles. The quantitative estimate of drug-likeness (QED) is 0.362. The van der Waals surface area contributed by atoms with E-state index in [2.05, 4.69) is 5.10 Å². The van der Waals surface area contributed by atoms with Gasteiger partial charge >= 0.3 is 5.97 Å². The maximum atomic E-state index is 13.2. The number of ketones is 1. The number of hydrogen-bond donors (Lipinski definition) is 0. The summed E-state index contributed by atoms with van der Waals surface area (Å²) in [5.74, 6) is -1.11. The number of Topliss-reactive ketones (excluding diaryl/α,β-unsaturated/α-hetero) is 1. The smallest absolute Gasteiger partial charge is 0.348 e. The van der Waals surface area contributed by atoms with Crippen LogP contribution in [0.4, 0.5) is 4.39 Å². The molecular weight excluding hydrogens is 387 g/mol. The lowest BCUT2D eigenvalue weighted by Crippen LogP contribution is -2.12. The molecule has 0 radical (unpaired) electrons. The summed E-state index contributed by atoms with van der Waals surface area (Å²) in [6.07, 6.45) is 0. The molecule has 0 saturated heterocycles. The van der Waals surface area contributed by atoms with Crippen LogP contribution in [0.25, 0.3) is 15.9 Å². The third-order valence-electron chi connectivity index (χ3n) is 3.95. The van der Waals surface area contributed by atoms with E-state index < -0.39 is 5.97 Å². The number of hydrogen-bond acceptors (Lipinski definition) is 6. The average Bonchev–Trinajstić information content (AvgIpc) is 3.39. The Morgan fingerprint density at radius 1 is 1.19 bits per heavy atom. The molecule has 0 unspecified atom stereocenters. The zero-order valence-electron chi connectivity index (χ0n) is 14.1. The van der Waals surface area contributed by atoms with Gasteiger partial charge in [-0.3, -0.25) is 4.79 Å². The van der Waals surface area contributed by atoms with Crippen molar-refractivity contribution in [1.29, 1.82) is 0 Å². The number of ether oxygens (including phenoxy) is 1. The summed E-state index contributed by atoms with van der Waals surface area (Å²) < 4.78 is 20.0. The number of benzene rings is 1. The van der Waals surface area contributed by atoms with Crippen molar-refractivity contribution < 1.29 is 18.7 Å². The van der Waals surface area contributed by atoms with Gasteiger partial charge in [-0.25, -0.2) is 13.9 Å². The van der Waals surface area contributed by atoms with Gasteiger partial charge in [0, 0.05) is 5.39 Å². The van der Waals surface area contributed by atoms with Gasteiger partial charge in [0.2, 0.25) is 5.78 Å². The number of nitrogens with zero attached hydrogens (tertiary/aromatic N) is 2. The lowest BCUT2D eigenvalue weighted by Gasteiger charge is -2.02. The second-order valence-corrected chi connectivity index (χ2v) is 7.76. The van der Waals surface area contributed by atoms with Crippen LogP contribution < -0.4 is 0 Å². The van der Waals surface area contributed by atoms with Crippen molar-refractivity contribution in [3.05, 3.63) is 69.1 Å². The fourth-order valence-electron chi connectivity index (χ4n) is 2.62. The summed E-state index contributed by atoms with van der Waals surface area (Å²) in [5.41, 5.74) is 1.45. The molecule has 3 heterocycles. The van der Waals surface area contributed by atoms with E-state index in [-0.39, 0.29) is 18.2 Å². The highest BCUT2D eigenvalue weighted by Gasteiger charge is 2.19. The van der Waals surface area contributed by atoms with E-state index in [4.69, 9.17) is 4.74 Å². The van der Waals surface area contributed by atoms with Crippen molar-refractivity contribution in [2.75, 3.05) is 6.61 Å². The van der Waals surface area contributed by atoms with Gasteiger partial charge in [-0.1, -0.05) is 6.07 Å². The Hall–Kier alpha value is -2.84. The number of esters is 1. The van der Waals surface area contributed by atoms with Crippen molar-refractivity contribution in [3.8, 4) is 5.69 Å². The molecule has 0 atom stereocenters. The second-order valence-electron chi connectivity index (χ2n) is 5.78. The highest BCUT2D eigenvalue weighted by molar-refractivity contribution is 7.20. The first-order chi connectivity index (χ1) is 13.0. The van der Waals surface area contributed by atoms with Gasteiger partial charge in [0.1, 0.15) is 15.5 Å². The highest BCUT2D eigenvalue weighted by Crippen LogP contribution is 2.31. The largest absolute Gasteiger partial charge is 0.453 e. The van der Waals surface area contributed by atoms with E-state index in [9.17, 15) is 14.0 Å². The first-order valence-corrected chi connectivity index (χ1v) is 9.71. The number of halogens is 1. The number of carbonyl (C=O) groups is 2. The number of aromatic nitrogens is 2. The predicted octanol–water partition coefficient (Wildman–Crippen LogP) is 4.64. The zero-order valence-corrected chi connectivity index (χ0v) is 15.8. The maximum Gasteiger partial charge on any atom is 0.348 e. The molecule has 5 nitrogen and oxygen atoms in total. The van der Waals surface area contributed by atoms with E-state index in [1.54, 1.807) is 40.4 Å². The SMILES string of the molecule is Cc1nn(-c2ccc(F)cc2)c2sc(C(=O)OCC(=O)c3cccs3)cc12. The molecule has 0 amide bonds. The molecule has 0 aliphatic rings. The van der Waals surface area contributed by atoms with E-state index in [0.717, 1.165) is 15.9 Å². The molecule has 27 heavy (non-hydrogen) atoms. The summed E-state index contributed by atoms with van der Waals surface area (Å²) in [6.45, 7) is 1.54. The lowest BCUT2D eigenvalue weighted by atomic mass is 10.3. The third-order valence-corrected chi connectivity index (χ3v) is 5.95. The van der Waals surface area contributed by atoms with E-state index in [1.165, 1.54) is 34.8 Å². The minimum absolute atomic E-state index is 0.229. The van der Waals surface area contributed by atoms with E-state index >= 15 is 0 Å². The van der Waals surface area contributed by atoms with Crippen LogP contribution in [0, 0.1) is 12.7 Å². The maximum absolute atomic E-state index is 13.2. The molecule has 0 spiro atoms. The predicted molar refractivity (Wildman–Crippen MR) is 103 cm³/mol. The molecule has 4 rings (SSSR count).